The van der Waals surface area contributed by atoms with Gasteiger partial charge in [0.25, 0.3) is 11.8 Å². The van der Waals surface area contributed by atoms with Crippen molar-refractivity contribution in [3.05, 3.63) is 89.8 Å². The van der Waals surface area contributed by atoms with Crippen LogP contribution in [0.3, 0.4) is 0 Å². The Balaban J connectivity index is 1.59. The summed E-state index contributed by atoms with van der Waals surface area (Å²) in [6, 6.07) is 9.24. The molecular weight excluding hydrogens is 576 g/mol. The number of amides is 2. The SMILES string of the molecule is COc1cc(N2C(=O)c3cc(Cl)c(Cl)cc3C2=O)c(Cl)cc1C(=O)OCC(=O)c1ccc(Cl)c(Cl)c1. The molecule has 1 heterocycles. The summed E-state index contributed by atoms with van der Waals surface area (Å²) in [5, 5.41) is 0.543. The van der Waals surface area contributed by atoms with Gasteiger partial charge in [-0.3, -0.25) is 14.4 Å². The topological polar surface area (TPSA) is 90.0 Å². The van der Waals surface area contributed by atoms with Crippen LogP contribution in [0.1, 0.15) is 41.4 Å². The van der Waals surface area contributed by atoms with Gasteiger partial charge in [0.15, 0.2) is 12.4 Å². The van der Waals surface area contributed by atoms with Crippen LogP contribution in [-0.4, -0.2) is 37.3 Å². The molecule has 12 heteroatoms. The quantitative estimate of drug-likeness (QED) is 0.179. The number of ketones is 1. The first-order valence-corrected chi connectivity index (χ1v) is 11.8. The van der Waals surface area contributed by atoms with E-state index in [1.54, 1.807) is 0 Å². The first kappa shape index (κ1) is 26.3. The fourth-order valence-electron chi connectivity index (χ4n) is 3.46. The molecule has 0 unspecified atom stereocenters. The van der Waals surface area contributed by atoms with Crippen molar-refractivity contribution in [1.82, 2.24) is 0 Å². The molecule has 2 amide bonds. The summed E-state index contributed by atoms with van der Waals surface area (Å²) in [7, 11) is 1.27. The third-order valence-corrected chi connectivity index (χ3v) is 7.00. The van der Waals surface area contributed by atoms with Gasteiger partial charge >= 0.3 is 5.97 Å². The molecule has 0 spiro atoms. The minimum Gasteiger partial charge on any atom is -0.496 e. The van der Waals surface area contributed by atoms with Crippen LogP contribution in [0.25, 0.3) is 0 Å². The Hall–Kier alpha value is -2.81. The Bertz CT molecular complexity index is 1430. The summed E-state index contributed by atoms with van der Waals surface area (Å²) >= 11 is 30.1. The van der Waals surface area contributed by atoms with Gasteiger partial charge in [-0.2, -0.15) is 0 Å². The van der Waals surface area contributed by atoms with Gasteiger partial charge in [0.2, 0.25) is 0 Å². The van der Waals surface area contributed by atoms with Gasteiger partial charge in [0.1, 0.15) is 11.3 Å². The number of fused-ring (bicyclic) bond motifs is 1. The number of benzene rings is 3. The lowest BCUT2D eigenvalue weighted by Crippen LogP contribution is -2.29. The van der Waals surface area contributed by atoms with E-state index < -0.39 is 30.2 Å². The number of nitrogens with zero attached hydrogens (tertiary/aromatic N) is 1. The molecule has 1 aliphatic rings. The third kappa shape index (κ3) is 4.77. The van der Waals surface area contributed by atoms with Crippen molar-refractivity contribution in [1.29, 1.82) is 0 Å². The van der Waals surface area contributed by atoms with Crippen molar-refractivity contribution in [2.24, 2.45) is 0 Å². The Labute approximate surface area is 229 Å². The van der Waals surface area contributed by atoms with E-state index in [9.17, 15) is 19.2 Å². The molecule has 7 nitrogen and oxygen atoms in total. The molecule has 0 N–H and O–H groups in total. The Morgan fingerprint density at radius 1 is 0.778 bits per heavy atom. The maximum atomic E-state index is 13.0. The number of hydrogen-bond donors (Lipinski definition) is 0. The molecule has 0 bridgehead atoms. The second-order valence-electron chi connectivity index (χ2n) is 7.39. The summed E-state index contributed by atoms with van der Waals surface area (Å²) in [5.74, 6) is -2.85. The Morgan fingerprint density at radius 2 is 1.36 bits per heavy atom. The Morgan fingerprint density at radius 3 is 1.92 bits per heavy atom. The van der Waals surface area contributed by atoms with Crippen molar-refractivity contribution in [2.45, 2.75) is 0 Å². The monoisotopic (exact) mass is 585 g/mol. The molecule has 0 fully saturated rings. The second-order valence-corrected chi connectivity index (χ2v) is 9.43. The first-order chi connectivity index (χ1) is 17.0. The number of halogens is 5. The molecule has 0 saturated heterocycles. The summed E-state index contributed by atoms with van der Waals surface area (Å²) in [6.45, 7) is -0.598. The highest BCUT2D eigenvalue weighted by Crippen LogP contribution is 2.39. The zero-order chi connectivity index (χ0) is 26.3. The Kier molecular flexibility index (Phi) is 7.50. The fourth-order valence-corrected chi connectivity index (χ4v) is 4.33. The average Bonchev–Trinajstić information content (AvgIpc) is 3.08. The molecule has 0 aliphatic carbocycles. The standard InChI is InChI=1S/C24H12Cl5NO6/c1-35-21-8-19(30-22(32)11-5-16(27)17(28)6-12(11)23(30)33)18(29)7-13(21)24(34)36-9-20(31)10-2-3-14(25)15(26)4-10/h2-8H,9H2,1H3. The molecule has 184 valence electrons. The van der Waals surface area contributed by atoms with E-state index in [0.717, 1.165) is 4.90 Å². The van der Waals surface area contributed by atoms with Crippen molar-refractivity contribution < 1.29 is 28.7 Å². The zero-order valence-corrected chi connectivity index (χ0v) is 21.8. The van der Waals surface area contributed by atoms with E-state index in [2.05, 4.69) is 0 Å². The van der Waals surface area contributed by atoms with Crippen LogP contribution in [0.2, 0.25) is 25.1 Å². The molecule has 3 aromatic carbocycles. The summed E-state index contributed by atoms with van der Waals surface area (Å²) < 4.78 is 10.4. The number of hydrogen-bond acceptors (Lipinski definition) is 6. The third-order valence-electron chi connectivity index (χ3n) is 5.23. The largest absolute Gasteiger partial charge is 0.496 e. The van der Waals surface area contributed by atoms with E-state index in [0.29, 0.717) is 0 Å². The lowest BCUT2D eigenvalue weighted by atomic mass is 10.1. The number of carbonyl (C=O) groups excluding carboxylic acids is 4. The van der Waals surface area contributed by atoms with Crippen molar-refractivity contribution >= 4 is 87.3 Å². The van der Waals surface area contributed by atoms with Gasteiger partial charge in [-0.25, -0.2) is 9.69 Å². The minimum absolute atomic E-state index is 0.0320. The summed E-state index contributed by atoms with van der Waals surface area (Å²) in [5.41, 5.74) is 0.136. The van der Waals surface area contributed by atoms with Gasteiger partial charge in [0.05, 0.1) is 49.0 Å². The molecule has 3 aromatic rings. The van der Waals surface area contributed by atoms with Gasteiger partial charge in [0, 0.05) is 11.6 Å². The fraction of sp³-hybridized carbons (Fsp3) is 0.0833. The van der Waals surface area contributed by atoms with Crippen molar-refractivity contribution in [2.75, 3.05) is 18.6 Å². The number of carbonyl (C=O) groups is 4. The van der Waals surface area contributed by atoms with E-state index >= 15 is 0 Å². The molecule has 36 heavy (non-hydrogen) atoms. The predicted molar refractivity (Wildman–Crippen MR) is 137 cm³/mol. The highest BCUT2D eigenvalue weighted by atomic mass is 35.5. The first-order valence-electron chi connectivity index (χ1n) is 9.94. The normalized spacial score (nSPS) is 12.6. The van der Waals surface area contributed by atoms with Crippen molar-refractivity contribution in [3.8, 4) is 5.75 Å². The van der Waals surface area contributed by atoms with Crippen LogP contribution >= 0.6 is 58.0 Å². The number of imide groups is 1. The lowest BCUT2D eigenvalue weighted by molar-refractivity contribution is 0.0471. The number of anilines is 1. The smallest absolute Gasteiger partial charge is 0.342 e. The number of esters is 1. The van der Waals surface area contributed by atoms with Crippen LogP contribution in [0.4, 0.5) is 5.69 Å². The molecule has 0 atom stereocenters. The van der Waals surface area contributed by atoms with Gasteiger partial charge in [-0.05, 0) is 36.4 Å². The van der Waals surface area contributed by atoms with E-state index in [1.807, 2.05) is 0 Å². The maximum absolute atomic E-state index is 13.0. The average molecular weight is 588 g/mol. The number of ether oxygens (including phenoxy) is 2. The number of rotatable bonds is 6. The van der Waals surface area contributed by atoms with Gasteiger partial charge < -0.3 is 9.47 Å². The van der Waals surface area contributed by atoms with Crippen LogP contribution < -0.4 is 9.64 Å². The molecule has 0 saturated carbocycles. The highest BCUT2D eigenvalue weighted by Gasteiger charge is 2.39. The molecular formula is C24H12Cl5NO6. The highest BCUT2D eigenvalue weighted by molar-refractivity contribution is 6.45. The van der Waals surface area contributed by atoms with Gasteiger partial charge in [-0.1, -0.05) is 58.0 Å². The predicted octanol–water partition coefficient (Wildman–Crippen LogP) is 6.80. The van der Waals surface area contributed by atoms with E-state index in [1.165, 1.54) is 49.6 Å². The van der Waals surface area contributed by atoms with E-state index in [-0.39, 0.29) is 58.8 Å². The number of methoxy groups -OCH3 is 1. The zero-order valence-electron chi connectivity index (χ0n) is 18.0. The summed E-state index contributed by atoms with van der Waals surface area (Å²) in [6.07, 6.45) is 0. The van der Waals surface area contributed by atoms with Crippen LogP contribution in [0.15, 0.2) is 42.5 Å². The van der Waals surface area contributed by atoms with Crippen LogP contribution in [-0.2, 0) is 4.74 Å². The van der Waals surface area contributed by atoms with Crippen LogP contribution in [0.5, 0.6) is 5.75 Å². The molecule has 0 radical (unpaired) electrons. The molecule has 1 aliphatic heterocycles. The number of Topliss-reactive ketones (excluding diaryl/α,β-unsaturated/α-hetero) is 1. The van der Waals surface area contributed by atoms with Gasteiger partial charge in [-0.15, -0.1) is 0 Å². The van der Waals surface area contributed by atoms with Crippen molar-refractivity contribution in [3.63, 3.8) is 0 Å². The summed E-state index contributed by atoms with van der Waals surface area (Å²) in [4.78, 5) is 51.8. The maximum Gasteiger partial charge on any atom is 0.342 e. The lowest BCUT2D eigenvalue weighted by Gasteiger charge is -2.18. The second kappa shape index (κ2) is 10.3. The molecule has 4 rings (SSSR count). The minimum atomic E-state index is -0.922. The molecule has 0 aromatic heterocycles. The van der Waals surface area contributed by atoms with Crippen LogP contribution in [0, 0.1) is 0 Å². The van der Waals surface area contributed by atoms with E-state index in [4.69, 9.17) is 67.5 Å².